The van der Waals surface area contributed by atoms with Crippen LogP contribution in [-0.4, -0.2) is 141 Å². The maximum Gasteiger partial charge on any atom is 0.329 e. The second-order valence-corrected chi connectivity index (χ2v) is 20.1. The maximum atomic E-state index is 15.8. The molecule has 20 heteroatoms. The number of hydrogen-bond donors (Lipinski definition) is 1. The van der Waals surface area contributed by atoms with Gasteiger partial charge in [-0.15, -0.1) is 0 Å². The number of sulfone groups is 1. The number of urea groups is 1. The third-order valence-corrected chi connectivity index (χ3v) is 14.3. The van der Waals surface area contributed by atoms with E-state index in [2.05, 4.69) is 20.2 Å². The van der Waals surface area contributed by atoms with Crippen LogP contribution in [0.3, 0.4) is 0 Å². The van der Waals surface area contributed by atoms with Gasteiger partial charge in [-0.1, -0.05) is 12.1 Å². The molecule has 69 heavy (non-hydrogen) atoms. The van der Waals surface area contributed by atoms with E-state index in [0.717, 1.165) is 24.0 Å². The minimum Gasteiger partial charge on any atom is -0.493 e. The number of methoxy groups -OCH3 is 1. The van der Waals surface area contributed by atoms with Crippen molar-refractivity contribution in [3.8, 4) is 23.0 Å². The van der Waals surface area contributed by atoms with Gasteiger partial charge in [-0.3, -0.25) is 44.0 Å². The zero-order valence-corrected chi connectivity index (χ0v) is 39.6. The number of nitrogens with one attached hydrogen (secondary N) is 1. The van der Waals surface area contributed by atoms with Crippen LogP contribution in [0.15, 0.2) is 78.9 Å². The molecule has 1 aromatic heterocycles. The van der Waals surface area contributed by atoms with Crippen LogP contribution in [-0.2, 0) is 27.6 Å². The average molecular weight is 969 g/mol. The lowest BCUT2D eigenvalue weighted by atomic mass is 10.00. The first-order valence-corrected chi connectivity index (χ1v) is 25.0. The van der Waals surface area contributed by atoms with Crippen LogP contribution >= 0.6 is 0 Å². The summed E-state index contributed by atoms with van der Waals surface area (Å²) in [6, 6.07) is 19.6. The topological polar surface area (TPSA) is 176 Å². The highest BCUT2D eigenvalue weighted by molar-refractivity contribution is 7.90. The van der Waals surface area contributed by atoms with E-state index in [4.69, 9.17) is 14.2 Å². The summed E-state index contributed by atoms with van der Waals surface area (Å²) < 4.78 is 75.9. The number of piperidine rings is 1. The standard InChI is InChI=1S/C49H54F2N8O9S/c1-5-67-42-27-31(9-16-41(42)66-3)40(29-69(4,64)65)59-46(61)37-7-6-8-38(44(37)47(59)62)57-25-23-56(24-26-57)33-17-20-55(21-18-33)30-49(50,51)32-10-12-34(13-11-32)68-35-14-15-36-39(28-35)54(2)53-45(36)58-22-19-43(60)52-48(58)63/h6-16,27-28,33,40H,5,17-26,29-30H2,1-4H3,(H,52,60,63)/t40-/m1/s1. The first-order valence-electron chi connectivity index (χ1n) is 23.0. The molecule has 3 fully saturated rings. The molecular formula is C49H54F2N8O9S. The molecule has 4 aliphatic rings. The molecule has 0 unspecified atom stereocenters. The monoisotopic (exact) mass is 968 g/mol. The number of hydrogen-bond acceptors (Lipinski definition) is 13. The van der Waals surface area contributed by atoms with Gasteiger partial charge in [0.25, 0.3) is 17.7 Å². The van der Waals surface area contributed by atoms with Gasteiger partial charge in [0.05, 0.1) is 54.4 Å². The fourth-order valence-electron chi connectivity index (χ4n) is 9.90. The van der Waals surface area contributed by atoms with Crippen LogP contribution in [0, 0.1) is 0 Å². The molecule has 4 aromatic carbocycles. The molecule has 0 saturated carbocycles. The van der Waals surface area contributed by atoms with Crippen LogP contribution in [0.25, 0.3) is 10.9 Å². The van der Waals surface area contributed by atoms with Crippen molar-refractivity contribution in [1.29, 1.82) is 0 Å². The summed E-state index contributed by atoms with van der Waals surface area (Å²) in [6.07, 6.45) is 2.68. The van der Waals surface area contributed by atoms with Gasteiger partial charge in [0, 0.05) is 75.5 Å². The van der Waals surface area contributed by atoms with E-state index in [1.165, 1.54) is 36.3 Å². The number of fused-ring (bicyclic) bond motifs is 2. The molecule has 0 bridgehead atoms. The second kappa shape index (κ2) is 19.0. The number of amides is 5. The van der Waals surface area contributed by atoms with Crippen molar-refractivity contribution in [2.24, 2.45) is 7.05 Å². The summed E-state index contributed by atoms with van der Waals surface area (Å²) in [7, 11) is -0.448. The van der Waals surface area contributed by atoms with Crippen molar-refractivity contribution in [2.75, 3.05) is 87.9 Å². The number of carbonyl (C=O) groups excluding carboxylic acids is 4. The van der Waals surface area contributed by atoms with Gasteiger partial charge in [-0.25, -0.2) is 13.2 Å². The number of alkyl halides is 2. The average Bonchev–Trinajstić information content (AvgIpc) is 3.78. The molecule has 364 valence electrons. The van der Waals surface area contributed by atoms with Crippen LogP contribution in [0.2, 0.25) is 0 Å². The lowest BCUT2D eigenvalue weighted by Gasteiger charge is -2.44. The number of nitrogens with zero attached hydrogens (tertiary/aromatic N) is 7. The van der Waals surface area contributed by atoms with Crippen LogP contribution in [0.1, 0.15) is 64.1 Å². The zero-order valence-electron chi connectivity index (χ0n) is 38.8. The van der Waals surface area contributed by atoms with Gasteiger partial charge in [0.2, 0.25) is 5.91 Å². The van der Waals surface area contributed by atoms with E-state index in [9.17, 15) is 27.6 Å². The van der Waals surface area contributed by atoms with Gasteiger partial charge >= 0.3 is 6.03 Å². The molecule has 1 N–H and O–H groups in total. The van der Waals surface area contributed by atoms with Crippen LogP contribution in [0.4, 0.5) is 25.1 Å². The van der Waals surface area contributed by atoms with E-state index >= 15 is 8.78 Å². The number of benzene rings is 4. The summed E-state index contributed by atoms with van der Waals surface area (Å²) >= 11 is 0. The van der Waals surface area contributed by atoms with E-state index in [-0.39, 0.29) is 41.6 Å². The van der Waals surface area contributed by atoms with Gasteiger partial charge in [0.15, 0.2) is 17.3 Å². The number of aromatic nitrogens is 2. The SMILES string of the molecule is CCOc1cc([C@@H](CS(C)(=O)=O)N2C(=O)c3cccc(N4CCN(C5CCN(CC(F)(F)c6ccc(Oc7ccc8c(N9CCC(=O)NC9=O)nn(C)c8c7)cc6)CC5)CC4)c3C2=O)ccc1OC. The summed E-state index contributed by atoms with van der Waals surface area (Å²) in [4.78, 5) is 61.2. The van der Waals surface area contributed by atoms with Crippen LogP contribution in [0.5, 0.6) is 23.0 Å². The third kappa shape index (κ3) is 9.69. The fraction of sp³-hybridized carbons (Fsp3) is 0.408. The number of aryl methyl sites for hydroxylation is 1. The van der Waals surface area contributed by atoms with Crippen molar-refractivity contribution in [3.05, 3.63) is 101 Å². The Hall–Kier alpha value is -6.64. The van der Waals surface area contributed by atoms with Crippen molar-refractivity contribution >= 4 is 56.0 Å². The predicted molar refractivity (Wildman–Crippen MR) is 253 cm³/mol. The summed E-state index contributed by atoms with van der Waals surface area (Å²) in [6.45, 7) is 5.42. The molecular weight excluding hydrogens is 915 g/mol. The predicted octanol–water partition coefficient (Wildman–Crippen LogP) is 5.98. The molecule has 5 amide bonds. The van der Waals surface area contributed by atoms with Crippen molar-refractivity contribution in [3.63, 3.8) is 0 Å². The van der Waals surface area contributed by atoms with Crippen molar-refractivity contribution < 1.29 is 50.6 Å². The molecule has 0 aliphatic carbocycles. The molecule has 3 saturated heterocycles. The van der Waals surface area contributed by atoms with E-state index < -0.39 is 51.9 Å². The number of rotatable bonds is 15. The van der Waals surface area contributed by atoms with Gasteiger partial charge in [-0.2, -0.15) is 13.9 Å². The van der Waals surface area contributed by atoms with E-state index in [1.54, 1.807) is 67.2 Å². The van der Waals surface area contributed by atoms with E-state index in [0.29, 0.717) is 96.8 Å². The summed E-state index contributed by atoms with van der Waals surface area (Å²) in [5.74, 6) is -2.99. The highest BCUT2D eigenvalue weighted by Gasteiger charge is 2.45. The second-order valence-electron chi connectivity index (χ2n) is 17.9. The largest absolute Gasteiger partial charge is 0.493 e. The van der Waals surface area contributed by atoms with E-state index in [1.807, 2.05) is 11.0 Å². The summed E-state index contributed by atoms with van der Waals surface area (Å²) in [5.41, 5.74) is 2.06. The minimum absolute atomic E-state index is 0.115. The van der Waals surface area contributed by atoms with Crippen molar-refractivity contribution in [2.45, 2.75) is 44.2 Å². The Bertz CT molecular complexity index is 2920. The molecule has 4 aliphatic heterocycles. The molecule has 0 spiro atoms. The number of ether oxygens (including phenoxy) is 3. The zero-order chi connectivity index (χ0) is 48.8. The lowest BCUT2D eigenvalue weighted by molar-refractivity contribution is -0.120. The smallest absolute Gasteiger partial charge is 0.329 e. The Morgan fingerprint density at radius 3 is 2.26 bits per heavy atom. The first-order chi connectivity index (χ1) is 33.0. The van der Waals surface area contributed by atoms with Gasteiger partial charge < -0.3 is 19.1 Å². The molecule has 17 nitrogen and oxygen atoms in total. The molecule has 0 radical (unpaired) electrons. The number of halogens is 2. The number of carbonyl (C=O) groups is 4. The minimum atomic E-state index is -3.67. The number of likely N-dealkylation sites (tertiary alicyclic amines) is 1. The number of anilines is 2. The third-order valence-electron chi connectivity index (χ3n) is 13.3. The molecule has 9 rings (SSSR count). The molecule has 1 atom stereocenters. The number of imide groups is 2. The van der Waals surface area contributed by atoms with Gasteiger partial charge in [-0.05, 0) is 99.1 Å². The normalized spacial score (nSPS) is 18.2. The van der Waals surface area contributed by atoms with Crippen LogP contribution < -0.4 is 29.3 Å². The highest BCUT2D eigenvalue weighted by Crippen LogP contribution is 2.41. The Morgan fingerprint density at radius 1 is 0.855 bits per heavy atom. The lowest BCUT2D eigenvalue weighted by Crippen LogP contribution is -2.54. The Labute approximate surface area is 398 Å². The summed E-state index contributed by atoms with van der Waals surface area (Å²) in [5, 5.41) is 7.50. The van der Waals surface area contributed by atoms with Gasteiger partial charge in [0.1, 0.15) is 21.3 Å². The molecule has 5 aromatic rings. The van der Waals surface area contributed by atoms with Crippen molar-refractivity contribution in [1.82, 2.24) is 29.8 Å². The Morgan fingerprint density at radius 2 is 1.58 bits per heavy atom. The highest BCUT2D eigenvalue weighted by atomic mass is 32.2. The number of piperazine rings is 1. The first kappa shape index (κ1) is 47.4. The fourth-order valence-corrected chi connectivity index (χ4v) is 10.8. The quantitative estimate of drug-likeness (QED) is 0.122. The Balaban J connectivity index is 0.790. The Kier molecular flexibility index (Phi) is 13.1. The maximum absolute atomic E-state index is 15.8. The molecule has 5 heterocycles.